The van der Waals surface area contributed by atoms with Gasteiger partial charge in [-0.25, -0.2) is 4.99 Å². The van der Waals surface area contributed by atoms with Gasteiger partial charge in [-0.2, -0.15) is 13.2 Å². The highest BCUT2D eigenvalue weighted by Gasteiger charge is 2.33. The fourth-order valence-corrected chi connectivity index (χ4v) is 2.57. The zero-order chi connectivity index (χ0) is 14.2. The lowest BCUT2D eigenvalue weighted by molar-refractivity contribution is -0.137. The second-order valence-electron chi connectivity index (χ2n) is 5.06. The molecule has 0 aliphatic carbocycles. The van der Waals surface area contributed by atoms with Crippen LogP contribution < -0.4 is 5.32 Å². The molecule has 1 aromatic carbocycles. The van der Waals surface area contributed by atoms with Crippen molar-refractivity contribution in [1.82, 2.24) is 5.32 Å². The number of aliphatic imine (C=N–C) groups is 1. The summed E-state index contributed by atoms with van der Waals surface area (Å²) in [7, 11) is 0. The molecule has 0 saturated carbocycles. The third kappa shape index (κ3) is 2.65. The highest BCUT2D eigenvalue weighted by atomic mass is 19.4. The number of hydrogen-bond donors (Lipinski definition) is 1. The molecule has 0 bridgehead atoms. The third-order valence-corrected chi connectivity index (χ3v) is 3.62. The largest absolute Gasteiger partial charge is 0.470 e. The van der Waals surface area contributed by atoms with Gasteiger partial charge in [-0.15, -0.1) is 0 Å². The van der Waals surface area contributed by atoms with Crippen LogP contribution in [0.5, 0.6) is 0 Å². The van der Waals surface area contributed by atoms with Gasteiger partial charge < -0.3 is 10.1 Å². The quantitative estimate of drug-likeness (QED) is 0.906. The molecule has 3 nitrogen and oxygen atoms in total. The van der Waals surface area contributed by atoms with Crippen LogP contribution >= 0.6 is 0 Å². The second-order valence-corrected chi connectivity index (χ2v) is 5.06. The van der Waals surface area contributed by atoms with Crippen LogP contribution in [-0.2, 0) is 10.9 Å². The SMILES string of the molecule is FC(F)(F)c1cccc(C2CN=C(C3CCCN3)O2)c1. The maximum Gasteiger partial charge on any atom is 0.416 e. The van der Waals surface area contributed by atoms with Gasteiger partial charge in [-0.1, -0.05) is 12.1 Å². The topological polar surface area (TPSA) is 33.6 Å². The predicted molar refractivity (Wildman–Crippen MR) is 68.6 cm³/mol. The monoisotopic (exact) mass is 284 g/mol. The Morgan fingerprint density at radius 3 is 2.85 bits per heavy atom. The van der Waals surface area contributed by atoms with Gasteiger partial charge in [-0.3, -0.25) is 0 Å². The van der Waals surface area contributed by atoms with E-state index in [-0.39, 0.29) is 6.04 Å². The van der Waals surface area contributed by atoms with Gasteiger partial charge in [-0.05, 0) is 37.1 Å². The van der Waals surface area contributed by atoms with Crippen LogP contribution in [0.25, 0.3) is 0 Å². The van der Waals surface area contributed by atoms with Gasteiger partial charge in [0.2, 0.25) is 5.90 Å². The van der Waals surface area contributed by atoms with E-state index < -0.39 is 17.8 Å². The lowest BCUT2D eigenvalue weighted by atomic mass is 10.1. The summed E-state index contributed by atoms with van der Waals surface area (Å²) in [6.45, 7) is 1.32. The van der Waals surface area contributed by atoms with E-state index >= 15 is 0 Å². The maximum atomic E-state index is 12.7. The molecule has 1 saturated heterocycles. The van der Waals surface area contributed by atoms with Crippen molar-refractivity contribution in [2.75, 3.05) is 13.1 Å². The molecule has 108 valence electrons. The number of benzene rings is 1. The molecule has 2 unspecified atom stereocenters. The van der Waals surface area contributed by atoms with E-state index in [1.54, 1.807) is 6.07 Å². The van der Waals surface area contributed by atoms with E-state index in [2.05, 4.69) is 10.3 Å². The minimum atomic E-state index is -4.33. The van der Waals surface area contributed by atoms with Gasteiger partial charge in [0.25, 0.3) is 0 Å². The molecule has 2 aliphatic heterocycles. The molecule has 2 heterocycles. The Hall–Kier alpha value is -1.56. The maximum absolute atomic E-state index is 12.7. The molecule has 2 atom stereocenters. The number of ether oxygens (including phenoxy) is 1. The Labute approximate surface area is 114 Å². The molecule has 20 heavy (non-hydrogen) atoms. The molecular formula is C14H15F3N2O. The Kier molecular flexibility index (Phi) is 3.41. The predicted octanol–water partition coefficient (Wildman–Crippen LogP) is 2.93. The highest BCUT2D eigenvalue weighted by Crippen LogP contribution is 2.33. The standard InChI is InChI=1S/C14H15F3N2O/c15-14(16,17)10-4-1-3-9(7-10)12-8-19-13(20-12)11-5-2-6-18-11/h1,3-4,7,11-12,18H,2,5-6,8H2. The molecular weight excluding hydrogens is 269 g/mol. The summed E-state index contributed by atoms with van der Waals surface area (Å²) in [6, 6.07) is 5.39. The van der Waals surface area contributed by atoms with Crippen LogP contribution in [-0.4, -0.2) is 25.0 Å². The summed E-state index contributed by atoms with van der Waals surface area (Å²) >= 11 is 0. The van der Waals surface area contributed by atoms with E-state index in [0.29, 0.717) is 18.0 Å². The second kappa shape index (κ2) is 5.09. The molecule has 0 radical (unpaired) electrons. The summed E-state index contributed by atoms with van der Waals surface area (Å²) in [5.74, 6) is 0.630. The van der Waals surface area contributed by atoms with Crippen molar-refractivity contribution in [3.05, 3.63) is 35.4 Å². The van der Waals surface area contributed by atoms with Crippen LogP contribution in [0, 0.1) is 0 Å². The van der Waals surface area contributed by atoms with Crippen molar-refractivity contribution in [2.24, 2.45) is 4.99 Å². The van der Waals surface area contributed by atoms with Crippen molar-refractivity contribution in [3.63, 3.8) is 0 Å². The molecule has 6 heteroatoms. The Bertz CT molecular complexity index is 521. The summed E-state index contributed by atoms with van der Waals surface area (Å²) < 4.78 is 43.8. The molecule has 2 aliphatic rings. The van der Waals surface area contributed by atoms with Crippen LogP contribution in [0.4, 0.5) is 13.2 Å². The molecule has 0 spiro atoms. The number of rotatable bonds is 2. The summed E-state index contributed by atoms with van der Waals surface area (Å²) in [4.78, 5) is 4.32. The van der Waals surface area contributed by atoms with Crippen molar-refractivity contribution in [3.8, 4) is 0 Å². The van der Waals surface area contributed by atoms with E-state index in [4.69, 9.17) is 4.74 Å². The molecule has 1 aromatic rings. The summed E-state index contributed by atoms with van der Waals surface area (Å²) in [5.41, 5.74) is -0.123. The number of halogens is 3. The lowest BCUT2D eigenvalue weighted by Crippen LogP contribution is -2.31. The van der Waals surface area contributed by atoms with Crippen LogP contribution in [0.15, 0.2) is 29.3 Å². The minimum absolute atomic E-state index is 0.116. The number of nitrogens with zero attached hydrogens (tertiary/aromatic N) is 1. The first-order valence-corrected chi connectivity index (χ1v) is 6.65. The van der Waals surface area contributed by atoms with E-state index in [1.807, 2.05) is 0 Å². The zero-order valence-electron chi connectivity index (χ0n) is 10.8. The summed E-state index contributed by atoms with van der Waals surface area (Å²) in [5, 5.41) is 3.27. The average molecular weight is 284 g/mol. The van der Waals surface area contributed by atoms with Crippen LogP contribution in [0.3, 0.4) is 0 Å². The molecule has 0 amide bonds. The molecule has 1 N–H and O–H groups in total. The Morgan fingerprint density at radius 2 is 2.15 bits per heavy atom. The van der Waals surface area contributed by atoms with Crippen molar-refractivity contribution in [2.45, 2.75) is 31.2 Å². The fourth-order valence-electron chi connectivity index (χ4n) is 2.57. The highest BCUT2D eigenvalue weighted by molar-refractivity contribution is 5.83. The van der Waals surface area contributed by atoms with Gasteiger partial charge in [0.1, 0.15) is 6.10 Å². The van der Waals surface area contributed by atoms with Gasteiger partial charge in [0, 0.05) is 0 Å². The smallest absolute Gasteiger partial charge is 0.416 e. The molecule has 3 rings (SSSR count). The molecule has 1 fully saturated rings. The third-order valence-electron chi connectivity index (χ3n) is 3.62. The van der Waals surface area contributed by atoms with E-state index in [9.17, 15) is 13.2 Å². The van der Waals surface area contributed by atoms with E-state index in [0.717, 1.165) is 31.5 Å². The Morgan fingerprint density at radius 1 is 1.30 bits per heavy atom. The first-order valence-electron chi connectivity index (χ1n) is 6.65. The minimum Gasteiger partial charge on any atom is -0.470 e. The normalized spacial score (nSPS) is 26.4. The van der Waals surface area contributed by atoms with Gasteiger partial charge in [0.05, 0.1) is 18.2 Å². The first-order chi connectivity index (χ1) is 9.54. The first kappa shape index (κ1) is 13.4. The van der Waals surface area contributed by atoms with Crippen molar-refractivity contribution < 1.29 is 17.9 Å². The van der Waals surface area contributed by atoms with Crippen LogP contribution in [0.1, 0.15) is 30.1 Å². The van der Waals surface area contributed by atoms with Crippen molar-refractivity contribution in [1.29, 1.82) is 0 Å². The number of alkyl halides is 3. The fraction of sp³-hybridized carbons (Fsp3) is 0.500. The lowest BCUT2D eigenvalue weighted by Gasteiger charge is -2.16. The number of nitrogens with one attached hydrogen (secondary N) is 1. The van der Waals surface area contributed by atoms with Gasteiger partial charge >= 0.3 is 6.18 Å². The average Bonchev–Trinajstić information content (AvgIpc) is 3.09. The van der Waals surface area contributed by atoms with Crippen molar-refractivity contribution >= 4 is 5.90 Å². The Balaban J connectivity index is 1.72. The number of hydrogen-bond acceptors (Lipinski definition) is 3. The molecule has 0 aromatic heterocycles. The van der Waals surface area contributed by atoms with Crippen LogP contribution in [0.2, 0.25) is 0 Å². The van der Waals surface area contributed by atoms with Gasteiger partial charge in [0.15, 0.2) is 0 Å². The zero-order valence-corrected chi connectivity index (χ0v) is 10.8. The summed E-state index contributed by atoms with van der Waals surface area (Å²) in [6.07, 6.45) is -2.70. The van der Waals surface area contributed by atoms with E-state index in [1.165, 1.54) is 6.07 Å².